The Bertz CT molecular complexity index is 271. The molecule has 1 aromatic heterocycles. The maximum absolute atomic E-state index is 11.0. The van der Waals surface area contributed by atoms with Crippen molar-refractivity contribution in [3.8, 4) is 0 Å². The topological polar surface area (TPSA) is 93.9 Å². The van der Waals surface area contributed by atoms with Crippen molar-refractivity contribution >= 4 is 18.6 Å². The second kappa shape index (κ2) is 3.11. The molecule has 1 aromatic rings. The van der Waals surface area contributed by atoms with Crippen LogP contribution in [0.1, 0.15) is 5.69 Å². The molecule has 0 bridgehead atoms. The molecule has 12 heavy (non-hydrogen) atoms. The summed E-state index contributed by atoms with van der Waals surface area (Å²) >= 11 is 3.90. The standard InChI is InChI=1S/C5H8N4O2S/c1-11-4(10)5(6,12)3-2-7-9-8-3/h2,12H,6H2,1H3,(H,7,8,9). The Morgan fingerprint density at radius 1 is 1.92 bits per heavy atom. The van der Waals surface area contributed by atoms with Gasteiger partial charge in [0.2, 0.25) is 4.87 Å². The molecule has 0 aliphatic heterocycles. The van der Waals surface area contributed by atoms with Gasteiger partial charge in [-0.25, -0.2) is 4.79 Å². The number of thiol groups is 1. The van der Waals surface area contributed by atoms with Gasteiger partial charge in [-0.3, -0.25) is 0 Å². The van der Waals surface area contributed by atoms with E-state index in [0.29, 0.717) is 0 Å². The molecule has 0 amide bonds. The molecule has 0 aliphatic carbocycles. The van der Waals surface area contributed by atoms with Crippen LogP contribution in [-0.2, 0) is 14.4 Å². The van der Waals surface area contributed by atoms with Crippen LogP contribution >= 0.6 is 12.6 Å². The zero-order valence-electron chi connectivity index (χ0n) is 6.31. The first kappa shape index (κ1) is 9.01. The van der Waals surface area contributed by atoms with Gasteiger partial charge in [-0.05, 0) is 0 Å². The van der Waals surface area contributed by atoms with Gasteiger partial charge in [0.1, 0.15) is 5.69 Å². The lowest BCUT2D eigenvalue weighted by molar-refractivity contribution is -0.143. The van der Waals surface area contributed by atoms with Gasteiger partial charge in [-0.1, -0.05) is 0 Å². The minimum Gasteiger partial charge on any atom is -0.467 e. The van der Waals surface area contributed by atoms with Gasteiger partial charge in [-0.15, -0.1) is 12.6 Å². The van der Waals surface area contributed by atoms with Gasteiger partial charge < -0.3 is 10.5 Å². The Balaban J connectivity index is 2.93. The summed E-state index contributed by atoms with van der Waals surface area (Å²) in [5.74, 6) is -0.681. The van der Waals surface area contributed by atoms with E-state index < -0.39 is 10.8 Å². The molecule has 1 unspecified atom stereocenters. The van der Waals surface area contributed by atoms with Crippen molar-refractivity contribution in [3.63, 3.8) is 0 Å². The van der Waals surface area contributed by atoms with Crippen molar-refractivity contribution in [1.82, 2.24) is 15.4 Å². The number of aromatic nitrogens is 3. The van der Waals surface area contributed by atoms with E-state index in [0.717, 1.165) is 0 Å². The largest absolute Gasteiger partial charge is 0.467 e. The number of hydrogen-bond donors (Lipinski definition) is 3. The Morgan fingerprint density at radius 2 is 2.58 bits per heavy atom. The van der Waals surface area contributed by atoms with Crippen LogP contribution in [-0.4, -0.2) is 28.5 Å². The number of rotatable bonds is 2. The molecule has 3 N–H and O–H groups in total. The molecule has 1 heterocycles. The molecule has 0 saturated carbocycles. The van der Waals surface area contributed by atoms with Gasteiger partial charge in [0.05, 0.1) is 13.3 Å². The Labute approximate surface area is 73.9 Å². The van der Waals surface area contributed by atoms with Crippen LogP contribution < -0.4 is 5.73 Å². The highest BCUT2D eigenvalue weighted by Crippen LogP contribution is 2.20. The fraction of sp³-hybridized carbons (Fsp3) is 0.400. The van der Waals surface area contributed by atoms with E-state index in [4.69, 9.17) is 5.73 Å². The average molecular weight is 188 g/mol. The summed E-state index contributed by atoms with van der Waals surface area (Å²) in [6, 6.07) is 0. The van der Waals surface area contributed by atoms with Gasteiger partial charge in [-0.2, -0.15) is 15.4 Å². The Kier molecular flexibility index (Phi) is 2.34. The molecule has 0 aromatic carbocycles. The third kappa shape index (κ3) is 1.41. The number of hydrogen-bond acceptors (Lipinski definition) is 6. The highest BCUT2D eigenvalue weighted by atomic mass is 32.1. The van der Waals surface area contributed by atoms with Gasteiger partial charge in [0, 0.05) is 0 Å². The first-order valence-corrected chi connectivity index (χ1v) is 3.49. The quantitative estimate of drug-likeness (QED) is 0.315. The van der Waals surface area contributed by atoms with Crippen LogP contribution in [0.2, 0.25) is 0 Å². The fourth-order valence-corrected chi connectivity index (χ4v) is 0.844. The van der Waals surface area contributed by atoms with Crippen LogP contribution in [0.15, 0.2) is 6.20 Å². The lowest BCUT2D eigenvalue weighted by Gasteiger charge is -2.16. The van der Waals surface area contributed by atoms with Crippen LogP contribution in [0.25, 0.3) is 0 Å². The molecule has 0 aliphatic rings. The zero-order valence-corrected chi connectivity index (χ0v) is 7.21. The SMILES string of the molecule is COC(=O)C(N)(S)c1cn[nH]n1. The first-order valence-electron chi connectivity index (χ1n) is 3.05. The molecular formula is C5H8N4O2S. The van der Waals surface area contributed by atoms with E-state index in [2.05, 4.69) is 32.8 Å². The van der Waals surface area contributed by atoms with Crippen LogP contribution in [0.3, 0.4) is 0 Å². The minimum absolute atomic E-state index is 0.220. The van der Waals surface area contributed by atoms with Crippen molar-refractivity contribution in [1.29, 1.82) is 0 Å². The van der Waals surface area contributed by atoms with Crippen molar-refractivity contribution in [2.45, 2.75) is 4.87 Å². The average Bonchev–Trinajstić information content (AvgIpc) is 2.55. The lowest BCUT2D eigenvalue weighted by Crippen LogP contribution is -2.40. The molecule has 6 nitrogen and oxygen atoms in total. The third-order valence-electron chi connectivity index (χ3n) is 1.30. The van der Waals surface area contributed by atoms with Crippen molar-refractivity contribution in [3.05, 3.63) is 11.9 Å². The highest BCUT2D eigenvalue weighted by Gasteiger charge is 2.35. The number of carbonyl (C=O) groups excluding carboxylic acids is 1. The third-order valence-corrected chi connectivity index (χ3v) is 1.71. The second-order valence-electron chi connectivity index (χ2n) is 2.11. The van der Waals surface area contributed by atoms with E-state index in [1.54, 1.807) is 0 Å². The smallest absolute Gasteiger partial charge is 0.342 e. The summed E-state index contributed by atoms with van der Waals surface area (Å²) < 4.78 is 4.42. The number of nitrogens with zero attached hydrogens (tertiary/aromatic N) is 2. The van der Waals surface area contributed by atoms with E-state index >= 15 is 0 Å². The molecular weight excluding hydrogens is 180 g/mol. The number of H-pyrrole nitrogens is 1. The van der Waals surface area contributed by atoms with E-state index in [9.17, 15) is 4.79 Å². The zero-order chi connectivity index (χ0) is 9.19. The predicted octanol–water partition coefficient (Wildman–Crippen LogP) is -0.981. The minimum atomic E-state index is -1.54. The van der Waals surface area contributed by atoms with E-state index in [1.165, 1.54) is 13.3 Å². The number of ether oxygens (including phenoxy) is 1. The van der Waals surface area contributed by atoms with Gasteiger partial charge >= 0.3 is 5.97 Å². The summed E-state index contributed by atoms with van der Waals surface area (Å²) in [4.78, 5) is 9.49. The van der Waals surface area contributed by atoms with Crippen LogP contribution in [0.5, 0.6) is 0 Å². The summed E-state index contributed by atoms with van der Waals surface area (Å²) in [6.45, 7) is 0. The van der Waals surface area contributed by atoms with Crippen molar-refractivity contribution in [2.75, 3.05) is 7.11 Å². The van der Waals surface area contributed by atoms with Crippen molar-refractivity contribution in [2.24, 2.45) is 5.73 Å². The molecule has 0 radical (unpaired) electrons. The number of carbonyl (C=O) groups is 1. The normalized spacial score (nSPS) is 15.2. The van der Waals surface area contributed by atoms with Crippen LogP contribution in [0.4, 0.5) is 0 Å². The highest BCUT2D eigenvalue weighted by molar-refractivity contribution is 7.82. The molecule has 1 atom stereocenters. The second-order valence-corrected chi connectivity index (χ2v) is 2.82. The maximum Gasteiger partial charge on any atom is 0.342 e. The number of nitrogens with two attached hydrogens (primary N) is 1. The van der Waals surface area contributed by atoms with Crippen molar-refractivity contribution < 1.29 is 9.53 Å². The number of methoxy groups -OCH3 is 1. The predicted molar refractivity (Wildman–Crippen MR) is 43.3 cm³/mol. The maximum atomic E-state index is 11.0. The number of nitrogens with one attached hydrogen (secondary N) is 1. The monoisotopic (exact) mass is 188 g/mol. The molecule has 1 rings (SSSR count). The number of aromatic amines is 1. The molecule has 0 fully saturated rings. The summed E-state index contributed by atoms with van der Waals surface area (Å²) in [6.07, 6.45) is 1.31. The lowest BCUT2D eigenvalue weighted by atomic mass is 10.2. The Morgan fingerprint density at radius 3 is 3.00 bits per heavy atom. The van der Waals surface area contributed by atoms with E-state index in [-0.39, 0.29) is 5.69 Å². The Hall–Kier alpha value is -1.08. The van der Waals surface area contributed by atoms with Crippen LogP contribution in [0, 0.1) is 0 Å². The first-order chi connectivity index (χ1) is 5.59. The summed E-state index contributed by atoms with van der Waals surface area (Å²) in [7, 11) is 1.22. The summed E-state index contributed by atoms with van der Waals surface area (Å²) in [5, 5.41) is 9.43. The molecule has 66 valence electrons. The molecule has 0 spiro atoms. The number of esters is 1. The fourth-order valence-electron chi connectivity index (χ4n) is 0.645. The summed E-state index contributed by atoms with van der Waals surface area (Å²) in [5.41, 5.74) is 5.72. The molecule has 0 saturated heterocycles. The van der Waals surface area contributed by atoms with Gasteiger partial charge in [0.15, 0.2) is 0 Å². The molecule has 7 heteroatoms. The van der Waals surface area contributed by atoms with Gasteiger partial charge in [0.25, 0.3) is 0 Å². The van der Waals surface area contributed by atoms with E-state index in [1.807, 2.05) is 0 Å².